The number of nitrogens with one attached hydrogen (secondary N) is 2. The van der Waals surface area contributed by atoms with Gasteiger partial charge in [-0.15, -0.1) is 0 Å². The number of nitrogens with zero attached hydrogens (tertiary/aromatic N) is 1. The van der Waals surface area contributed by atoms with E-state index in [-0.39, 0.29) is 35.0 Å². The van der Waals surface area contributed by atoms with Crippen molar-refractivity contribution in [1.82, 2.24) is 9.97 Å². The molecule has 28 heavy (non-hydrogen) atoms. The zero-order chi connectivity index (χ0) is 21.5. The van der Waals surface area contributed by atoms with Crippen molar-refractivity contribution in [2.75, 3.05) is 26.1 Å². The smallest absolute Gasteiger partial charge is 0.312 e. The van der Waals surface area contributed by atoms with Crippen LogP contribution in [0.4, 0.5) is 5.95 Å². The number of hydrogen-bond acceptors (Lipinski definition) is 7. The van der Waals surface area contributed by atoms with E-state index in [1.165, 1.54) is 14.2 Å². The van der Waals surface area contributed by atoms with Gasteiger partial charge in [0.1, 0.15) is 11.1 Å². The Hall–Kier alpha value is -2.04. The van der Waals surface area contributed by atoms with Crippen LogP contribution in [0.2, 0.25) is 0 Å². The second-order valence-corrected chi connectivity index (χ2v) is 7.78. The highest BCUT2D eigenvalue weighted by atomic mass is 79.9. The van der Waals surface area contributed by atoms with Crippen LogP contribution < -0.4 is 10.9 Å². The van der Waals surface area contributed by atoms with Gasteiger partial charge in [-0.3, -0.25) is 24.7 Å². The number of halogens is 1. The minimum absolute atomic E-state index is 0.0162. The molecular formula is C18H26BrN3O6. The highest BCUT2D eigenvalue weighted by Crippen LogP contribution is 2.17. The molecule has 2 N–H and O–H groups in total. The fraction of sp³-hybridized carbons (Fsp3) is 0.556. The maximum atomic E-state index is 12.1. The highest BCUT2D eigenvalue weighted by Gasteiger charge is 2.23. The van der Waals surface area contributed by atoms with Crippen LogP contribution in [0, 0.1) is 5.41 Å². The van der Waals surface area contributed by atoms with Gasteiger partial charge in [0.15, 0.2) is 6.29 Å². The van der Waals surface area contributed by atoms with Crippen molar-refractivity contribution in [3.63, 3.8) is 0 Å². The number of ether oxygens (including phenoxy) is 3. The first-order valence-electron chi connectivity index (χ1n) is 8.47. The average molecular weight is 460 g/mol. The second-order valence-electron chi connectivity index (χ2n) is 6.99. The number of aromatic amines is 1. The van der Waals surface area contributed by atoms with Crippen LogP contribution >= 0.6 is 15.9 Å². The number of H-pyrrole nitrogens is 1. The summed E-state index contributed by atoms with van der Waals surface area (Å²) in [7, 11) is 3.01. The molecule has 1 rings (SSSR count). The molecular weight excluding hydrogens is 434 g/mol. The molecule has 156 valence electrons. The number of aromatic nitrogens is 2. The van der Waals surface area contributed by atoms with E-state index < -0.39 is 23.2 Å². The van der Waals surface area contributed by atoms with Crippen LogP contribution in [0.1, 0.15) is 33.4 Å². The third kappa shape index (κ3) is 7.17. The van der Waals surface area contributed by atoms with Gasteiger partial charge >= 0.3 is 5.97 Å². The van der Waals surface area contributed by atoms with E-state index >= 15 is 0 Å². The molecule has 0 aliphatic heterocycles. The van der Waals surface area contributed by atoms with E-state index in [0.29, 0.717) is 0 Å². The van der Waals surface area contributed by atoms with Gasteiger partial charge in [0.25, 0.3) is 5.56 Å². The van der Waals surface area contributed by atoms with E-state index in [9.17, 15) is 14.4 Å². The van der Waals surface area contributed by atoms with Crippen LogP contribution in [0.3, 0.4) is 0 Å². The van der Waals surface area contributed by atoms with Crippen LogP contribution in [0.5, 0.6) is 0 Å². The van der Waals surface area contributed by atoms with Gasteiger partial charge in [-0.25, -0.2) is 4.98 Å². The van der Waals surface area contributed by atoms with Gasteiger partial charge < -0.3 is 14.2 Å². The summed E-state index contributed by atoms with van der Waals surface area (Å²) in [5.74, 6) is -0.935. The summed E-state index contributed by atoms with van der Waals surface area (Å²) in [4.78, 5) is 42.8. The summed E-state index contributed by atoms with van der Waals surface area (Å²) in [6.45, 7) is 6.98. The third-order valence-electron chi connectivity index (χ3n) is 3.61. The maximum Gasteiger partial charge on any atom is 0.312 e. The Bertz CT molecular complexity index is 793. The zero-order valence-corrected chi connectivity index (χ0v) is 18.4. The Labute approximate surface area is 172 Å². The van der Waals surface area contributed by atoms with Gasteiger partial charge in [0, 0.05) is 19.6 Å². The molecule has 0 unspecified atom stereocenters. The van der Waals surface area contributed by atoms with Gasteiger partial charge in [-0.05, 0) is 34.5 Å². The standard InChI is InChI=1S/C18H26BrN3O6/c1-10(15(26-5)27-6)7-8-28-12(23)9-11-13(19)14(24)21-17(20-11)22-16(25)18(2,3)4/h7,15H,8-9H2,1-6H3,(H2,20,21,22,24,25)/b10-7+. The Morgan fingerprint density at radius 2 is 1.89 bits per heavy atom. The number of rotatable bonds is 8. The maximum absolute atomic E-state index is 12.1. The van der Waals surface area contributed by atoms with Crippen molar-refractivity contribution in [3.8, 4) is 0 Å². The molecule has 1 aromatic rings. The second kappa shape index (κ2) is 10.5. The number of anilines is 1. The molecule has 0 spiro atoms. The quantitative estimate of drug-likeness (QED) is 0.347. The lowest BCUT2D eigenvalue weighted by Crippen LogP contribution is -2.30. The molecule has 0 radical (unpaired) electrons. The molecule has 9 nitrogen and oxygen atoms in total. The fourth-order valence-electron chi connectivity index (χ4n) is 1.99. The van der Waals surface area contributed by atoms with E-state index in [0.717, 1.165) is 5.57 Å². The van der Waals surface area contributed by atoms with Crippen LogP contribution in [-0.2, 0) is 30.2 Å². The van der Waals surface area contributed by atoms with Gasteiger partial charge in [-0.2, -0.15) is 0 Å². The van der Waals surface area contributed by atoms with Crippen molar-refractivity contribution in [2.45, 2.75) is 40.4 Å². The first-order chi connectivity index (χ1) is 13.0. The molecule has 10 heteroatoms. The summed E-state index contributed by atoms with van der Waals surface area (Å²) in [6, 6.07) is 0. The number of esters is 1. The minimum Gasteiger partial charge on any atom is -0.461 e. The molecule has 0 aliphatic carbocycles. The van der Waals surface area contributed by atoms with Crippen molar-refractivity contribution in [3.05, 3.63) is 32.2 Å². The molecule has 0 saturated heterocycles. The van der Waals surface area contributed by atoms with Crippen molar-refractivity contribution >= 4 is 33.8 Å². The Kier molecular flexibility index (Phi) is 8.99. The SMILES string of the molecule is COC(OC)/C(C)=C/COC(=O)Cc1nc(NC(=O)C(C)(C)C)[nH]c(=O)c1Br. The largest absolute Gasteiger partial charge is 0.461 e. The lowest BCUT2D eigenvalue weighted by molar-refractivity contribution is -0.141. The summed E-state index contributed by atoms with van der Waals surface area (Å²) in [6.07, 6.45) is 0.898. The first kappa shape index (κ1) is 24.0. The van der Waals surface area contributed by atoms with E-state index in [1.54, 1.807) is 33.8 Å². The van der Waals surface area contributed by atoms with Gasteiger partial charge in [0.05, 0.1) is 12.1 Å². The summed E-state index contributed by atoms with van der Waals surface area (Å²) in [5.41, 5.74) is -0.275. The molecule has 1 amide bonds. The Balaban J connectivity index is 2.82. The normalized spacial score (nSPS) is 12.2. The van der Waals surface area contributed by atoms with E-state index in [1.807, 2.05) is 0 Å². The van der Waals surface area contributed by atoms with Crippen LogP contribution in [-0.4, -0.2) is 49.0 Å². The predicted octanol–water partition coefficient (Wildman–Crippen LogP) is 2.17. The Morgan fingerprint density at radius 1 is 1.29 bits per heavy atom. The summed E-state index contributed by atoms with van der Waals surface area (Å²) < 4.78 is 15.4. The molecule has 0 bridgehead atoms. The monoisotopic (exact) mass is 459 g/mol. The van der Waals surface area contributed by atoms with Crippen molar-refractivity contribution < 1.29 is 23.8 Å². The predicted molar refractivity (Wildman–Crippen MR) is 107 cm³/mol. The highest BCUT2D eigenvalue weighted by molar-refractivity contribution is 9.10. The zero-order valence-electron chi connectivity index (χ0n) is 16.8. The number of amides is 1. The van der Waals surface area contributed by atoms with E-state index in [2.05, 4.69) is 31.2 Å². The van der Waals surface area contributed by atoms with Crippen molar-refractivity contribution in [2.24, 2.45) is 5.41 Å². The lowest BCUT2D eigenvalue weighted by atomic mass is 9.96. The molecule has 0 aromatic carbocycles. The van der Waals surface area contributed by atoms with Crippen LogP contribution in [0.25, 0.3) is 0 Å². The minimum atomic E-state index is -0.669. The average Bonchev–Trinajstić information content (AvgIpc) is 2.59. The van der Waals surface area contributed by atoms with Crippen molar-refractivity contribution in [1.29, 1.82) is 0 Å². The Morgan fingerprint density at radius 3 is 2.43 bits per heavy atom. The lowest BCUT2D eigenvalue weighted by Gasteiger charge is -2.17. The topological polar surface area (TPSA) is 120 Å². The molecule has 0 atom stereocenters. The van der Waals surface area contributed by atoms with Crippen LogP contribution in [0.15, 0.2) is 20.9 Å². The number of carbonyl (C=O) groups is 2. The number of carbonyl (C=O) groups excluding carboxylic acids is 2. The van der Waals surface area contributed by atoms with Gasteiger partial charge in [0.2, 0.25) is 11.9 Å². The van der Waals surface area contributed by atoms with E-state index in [4.69, 9.17) is 14.2 Å². The molecule has 0 saturated carbocycles. The fourth-order valence-corrected chi connectivity index (χ4v) is 2.32. The third-order valence-corrected chi connectivity index (χ3v) is 4.42. The summed E-state index contributed by atoms with van der Waals surface area (Å²) in [5, 5.41) is 2.53. The molecule has 1 aromatic heterocycles. The molecule has 0 fully saturated rings. The number of methoxy groups -OCH3 is 2. The first-order valence-corrected chi connectivity index (χ1v) is 9.26. The summed E-state index contributed by atoms with van der Waals surface area (Å²) >= 11 is 3.11. The van der Waals surface area contributed by atoms with Gasteiger partial charge in [-0.1, -0.05) is 20.8 Å². The molecule has 0 aliphatic rings. The molecule has 1 heterocycles. The number of hydrogen-bond donors (Lipinski definition) is 2.